The summed E-state index contributed by atoms with van der Waals surface area (Å²) in [6, 6.07) is 11.6. The van der Waals surface area contributed by atoms with Gasteiger partial charge in [-0.3, -0.25) is 4.79 Å². The summed E-state index contributed by atoms with van der Waals surface area (Å²) < 4.78 is 10.5. The first-order valence-corrected chi connectivity index (χ1v) is 6.44. The van der Waals surface area contributed by atoms with Gasteiger partial charge in [0, 0.05) is 16.3 Å². The molecule has 0 saturated heterocycles. The highest BCUT2D eigenvalue weighted by atomic mass is 16.5. The molecule has 0 saturated carbocycles. The second kappa shape index (κ2) is 4.94. The van der Waals surface area contributed by atoms with Crippen LogP contribution in [0, 0.1) is 6.92 Å². The van der Waals surface area contributed by atoms with E-state index in [2.05, 4.69) is 0 Å². The van der Waals surface area contributed by atoms with E-state index in [-0.39, 0.29) is 5.76 Å². The van der Waals surface area contributed by atoms with Gasteiger partial charge in [0.05, 0.1) is 0 Å². The molecule has 0 aliphatic heterocycles. The standard InChI is InChI=1S/C16H13NO4/c1-9-11-7-6-10-4-2-3-5-12(10)15(11)21-14(9)16(19)20-8-13(17)18/h2-7H,8H2,1H3,(H2,17,18). The first-order valence-electron chi connectivity index (χ1n) is 6.44. The summed E-state index contributed by atoms with van der Waals surface area (Å²) in [7, 11) is 0. The zero-order chi connectivity index (χ0) is 15.0. The molecule has 2 N–H and O–H groups in total. The molecule has 0 fully saturated rings. The number of benzene rings is 2. The van der Waals surface area contributed by atoms with Gasteiger partial charge in [-0.25, -0.2) is 4.79 Å². The highest BCUT2D eigenvalue weighted by Gasteiger charge is 2.20. The number of esters is 1. The van der Waals surface area contributed by atoms with Gasteiger partial charge in [0.2, 0.25) is 5.76 Å². The quantitative estimate of drug-likeness (QED) is 0.749. The van der Waals surface area contributed by atoms with E-state index in [0.29, 0.717) is 11.1 Å². The van der Waals surface area contributed by atoms with E-state index in [0.717, 1.165) is 16.2 Å². The molecular weight excluding hydrogens is 270 g/mol. The molecule has 3 aromatic rings. The van der Waals surface area contributed by atoms with E-state index in [4.69, 9.17) is 14.9 Å². The lowest BCUT2D eigenvalue weighted by Crippen LogP contribution is -2.20. The van der Waals surface area contributed by atoms with Gasteiger partial charge >= 0.3 is 5.97 Å². The van der Waals surface area contributed by atoms with Crippen molar-refractivity contribution in [3.63, 3.8) is 0 Å². The van der Waals surface area contributed by atoms with Gasteiger partial charge < -0.3 is 14.9 Å². The van der Waals surface area contributed by atoms with Crippen LogP contribution in [0.15, 0.2) is 40.8 Å². The van der Waals surface area contributed by atoms with Crippen LogP contribution < -0.4 is 5.73 Å². The molecule has 1 amide bonds. The van der Waals surface area contributed by atoms with Gasteiger partial charge in [0.15, 0.2) is 6.61 Å². The lowest BCUT2D eigenvalue weighted by molar-refractivity contribution is -0.121. The number of carbonyl (C=O) groups excluding carboxylic acids is 2. The van der Waals surface area contributed by atoms with Gasteiger partial charge in [-0.2, -0.15) is 0 Å². The monoisotopic (exact) mass is 283 g/mol. The van der Waals surface area contributed by atoms with Gasteiger partial charge in [-0.1, -0.05) is 36.4 Å². The number of hydrogen-bond acceptors (Lipinski definition) is 4. The molecule has 0 atom stereocenters. The minimum Gasteiger partial charge on any atom is -0.450 e. The number of rotatable bonds is 3. The Hall–Kier alpha value is -2.82. The summed E-state index contributed by atoms with van der Waals surface area (Å²) in [5.74, 6) is -1.29. The molecule has 1 heterocycles. The fourth-order valence-electron chi connectivity index (χ4n) is 2.35. The lowest BCUT2D eigenvalue weighted by Gasteiger charge is -1.99. The second-order valence-corrected chi connectivity index (χ2v) is 4.76. The largest absolute Gasteiger partial charge is 0.450 e. The first kappa shape index (κ1) is 13.2. The zero-order valence-corrected chi connectivity index (χ0v) is 11.4. The van der Waals surface area contributed by atoms with E-state index < -0.39 is 18.5 Å². The van der Waals surface area contributed by atoms with E-state index in [9.17, 15) is 9.59 Å². The normalized spacial score (nSPS) is 10.9. The number of aryl methyl sites for hydroxylation is 1. The average Bonchev–Trinajstić information content (AvgIpc) is 2.82. The maximum atomic E-state index is 12.0. The van der Waals surface area contributed by atoms with Crippen molar-refractivity contribution in [3.8, 4) is 0 Å². The molecule has 2 aromatic carbocycles. The minimum atomic E-state index is -0.706. The Kier molecular flexibility index (Phi) is 3.10. The fraction of sp³-hybridized carbons (Fsp3) is 0.125. The van der Waals surface area contributed by atoms with Crippen LogP contribution in [0.1, 0.15) is 16.1 Å². The minimum absolute atomic E-state index is 0.0996. The topological polar surface area (TPSA) is 82.5 Å². The third-order valence-corrected chi connectivity index (χ3v) is 3.36. The summed E-state index contributed by atoms with van der Waals surface area (Å²) in [5.41, 5.74) is 6.28. The molecule has 5 nitrogen and oxygen atoms in total. The number of amides is 1. The molecule has 1 aromatic heterocycles. The van der Waals surface area contributed by atoms with Gasteiger partial charge in [-0.15, -0.1) is 0 Å². The van der Waals surface area contributed by atoms with Crippen molar-refractivity contribution in [1.29, 1.82) is 0 Å². The number of nitrogens with two attached hydrogens (primary N) is 1. The van der Waals surface area contributed by atoms with Crippen molar-refractivity contribution < 1.29 is 18.7 Å². The maximum absolute atomic E-state index is 12.0. The molecule has 0 bridgehead atoms. The Labute approximate surface area is 120 Å². The van der Waals surface area contributed by atoms with Crippen LogP contribution in [0.4, 0.5) is 0 Å². The van der Waals surface area contributed by atoms with Crippen LogP contribution in [0.25, 0.3) is 21.7 Å². The second-order valence-electron chi connectivity index (χ2n) is 4.76. The van der Waals surface area contributed by atoms with Crippen molar-refractivity contribution in [1.82, 2.24) is 0 Å². The molecular formula is C16H13NO4. The Morgan fingerprint density at radius 2 is 1.90 bits per heavy atom. The maximum Gasteiger partial charge on any atom is 0.375 e. The van der Waals surface area contributed by atoms with Crippen LogP contribution in [-0.4, -0.2) is 18.5 Å². The summed E-state index contributed by atoms with van der Waals surface area (Å²) in [6.45, 7) is 1.32. The Morgan fingerprint density at radius 3 is 2.67 bits per heavy atom. The summed E-state index contributed by atoms with van der Waals surface area (Å²) in [4.78, 5) is 22.6. The first-order chi connectivity index (χ1) is 10.1. The molecule has 0 aliphatic rings. The highest BCUT2D eigenvalue weighted by Crippen LogP contribution is 2.31. The fourth-order valence-corrected chi connectivity index (χ4v) is 2.35. The number of fused-ring (bicyclic) bond motifs is 3. The van der Waals surface area contributed by atoms with Crippen molar-refractivity contribution in [2.75, 3.05) is 6.61 Å². The number of hydrogen-bond donors (Lipinski definition) is 1. The summed E-state index contributed by atoms with van der Waals surface area (Å²) in [6.07, 6.45) is 0. The predicted molar refractivity (Wildman–Crippen MR) is 77.9 cm³/mol. The Morgan fingerprint density at radius 1 is 1.14 bits per heavy atom. The molecule has 3 rings (SSSR count). The van der Waals surface area contributed by atoms with Crippen LogP contribution in [0.2, 0.25) is 0 Å². The highest BCUT2D eigenvalue weighted by molar-refractivity contribution is 6.08. The van der Waals surface area contributed by atoms with Crippen molar-refractivity contribution in [3.05, 3.63) is 47.7 Å². The van der Waals surface area contributed by atoms with E-state index in [1.54, 1.807) is 6.92 Å². The molecule has 106 valence electrons. The van der Waals surface area contributed by atoms with Crippen LogP contribution >= 0.6 is 0 Å². The molecule has 0 radical (unpaired) electrons. The van der Waals surface area contributed by atoms with Crippen LogP contribution in [0.3, 0.4) is 0 Å². The van der Waals surface area contributed by atoms with Gasteiger partial charge in [0.25, 0.3) is 5.91 Å². The summed E-state index contributed by atoms with van der Waals surface area (Å²) >= 11 is 0. The van der Waals surface area contributed by atoms with Gasteiger partial charge in [0.1, 0.15) is 5.58 Å². The van der Waals surface area contributed by atoms with E-state index in [1.165, 1.54) is 0 Å². The van der Waals surface area contributed by atoms with Crippen LogP contribution in [0.5, 0.6) is 0 Å². The number of primary amides is 1. The number of carbonyl (C=O) groups is 2. The Balaban J connectivity index is 2.12. The molecule has 0 unspecified atom stereocenters. The average molecular weight is 283 g/mol. The molecule has 21 heavy (non-hydrogen) atoms. The molecule has 5 heteroatoms. The Bertz CT molecular complexity index is 863. The smallest absolute Gasteiger partial charge is 0.375 e. The van der Waals surface area contributed by atoms with E-state index >= 15 is 0 Å². The van der Waals surface area contributed by atoms with Crippen molar-refractivity contribution in [2.45, 2.75) is 6.92 Å². The third kappa shape index (κ3) is 2.23. The lowest BCUT2D eigenvalue weighted by atomic mass is 10.1. The number of ether oxygens (including phenoxy) is 1. The third-order valence-electron chi connectivity index (χ3n) is 3.36. The zero-order valence-electron chi connectivity index (χ0n) is 11.4. The van der Waals surface area contributed by atoms with E-state index in [1.807, 2.05) is 36.4 Å². The van der Waals surface area contributed by atoms with Gasteiger partial charge in [-0.05, 0) is 12.3 Å². The summed E-state index contributed by atoms with van der Waals surface area (Å²) in [5, 5.41) is 2.79. The number of furan rings is 1. The van der Waals surface area contributed by atoms with Crippen LogP contribution in [-0.2, 0) is 9.53 Å². The van der Waals surface area contributed by atoms with Crippen molar-refractivity contribution in [2.24, 2.45) is 5.73 Å². The SMILES string of the molecule is Cc1c(C(=O)OCC(N)=O)oc2c1ccc1ccccc12. The molecule has 0 spiro atoms. The predicted octanol–water partition coefficient (Wildman–Crippen LogP) is 2.54. The molecule has 0 aliphatic carbocycles. The van der Waals surface area contributed by atoms with Crippen molar-refractivity contribution >= 4 is 33.6 Å².